The molecule has 0 aliphatic heterocycles. The Hall–Kier alpha value is -0.670. The molecule has 0 radical (unpaired) electrons. The third-order valence-electron chi connectivity index (χ3n) is 9.15. The van der Waals surface area contributed by atoms with Gasteiger partial charge in [0.05, 0.1) is 0 Å². The Morgan fingerprint density at radius 1 is 1.24 bits per heavy atom. The van der Waals surface area contributed by atoms with Gasteiger partial charge < -0.3 is 9.84 Å². The Morgan fingerprint density at radius 2 is 2.03 bits per heavy atom. The maximum Gasteiger partial charge on any atom is 0.155 e. The number of ether oxygens (including phenoxy) is 1. The number of unbranched alkanes of at least 4 members (excludes halogenated alkanes) is 1. The molecule has 0 bridgehead atoms. The van der Waals surface area contributed by atoms with Gasteiger partial charge in [0, 0.05) is 32.7 Å². The van der Waals surface area contributed by atoms with E-state index in [2.05, 4.69) is 20.8 Å². The number of aliphatic hydroxyl groups excluding tert-OH is 1. The predicted octanol–water partition coefficient (Wildman–Crippen LogP) is 5.81. The second-order valence-corrected chi connectivity index (χ2v) is 10.3. The maximum atomic E-state index is 12.1. The van der Waals surface area contributed by atoms with Crippen LogP contribution in [-0.4, -0.2) is 31.2 Å². The second-order valence-electron chi connectivity index (χ2n) is 10.3. The third-order valence-corrected chi connectivity index (χ3v) is 9.15. The van der Waals surface area contributed by atoms with Gasteiger partial charge in [-0.1, -0.05) is 45.6 Å². The highest BCUT2D eigenvalue weighted by Crippen LogP contribution is 2.62. The molecule has 0 aromatic heterocycles. The molecule has 3 nitrogen and oxygen atoms in total. The molecule has 2 fully saturated rings. The predicted molar refractivity (Wildman–Crippen MR) is 119 cm³/mol. The van der Waals surface area contributed by atoms with Crippen LogP contribution in [-0.2, 0) is 9.53 Å². The second kappa shape index (κ2) is 10.1. The van der Waals surface area contributed by atoms with E-state index in [1.807, 2.05) is 6.08 Å². The van der Waals surface area contributed by atoms with Gasteiger partial charge in [-0.2, -0.15) is 0 Å². The number of carbonyl (C=O) groups excluding carboxylic acids is 1. The lowest BCUT2D eigenvalue weighted by atomic mass is 9.46. The summed E-state index contributed by atoms with van der Waals surface area (Å²) in [5.41, 5.74) is 1.74. The Labute approximate surface area is 178 Å². The highest BCUT2D eigenvalue weighted by atomic mass is 16.5. The summed E-state index contributed by atoms with van der Waals surface area (Å²) < 4.78 is 5.31. The van der Waals surface area contributed by atoms with Gasteiger partial charge in [0.15, 0.2) is 5.78 Å². The van der Waals surface area contributed by atoms with Crippen molar-refractivity contribution in [2.24, 2.45) is 40.9 Å². The highest BCUT2D eigenvalue weighted by molar-refractivity contribution is 5.91. The third kappa shape index (κ3) is 4.51. The molecule has 7 atom stereocenters. The van der Waals surface area contributed by atoms with E-state index in [4.69, 9.17) is 4.74 Å². The van der Waals surface area contributed by atoms with E-state index in [0.29, 0.717) is 23.7 Å². The number of carbonyl (C=O) groups is 1. The molecule has 3 heteroatoms. The smallest absolute Gasteiger partial charge is 0.155 e. The average Bonchev–Trinajstić information content (AvgIpc) is 2.74. The molecule has 2 saturated carbocycles. The molecule has 0 amide bonds. The van der Waals surface area contributed by atoms with Gasteiger partial charge in [0.25, 0.3) is 0 Å². The lowest BCUT2D eigenvalue weighted by Crippen LogP contribution is -2.52. The van der Waals surface area contributed by atoms with E-state index < -0.39 is 0 Å². The summed E-state index contributed by atoms with van der Waals surface area (Å²) in [6, 6.07) is 0. The normalized spacial score (nSPS) is 38.2. The molecular formula is C26H44O3. The Morgan fingerprint density at radius 3 is 2.69 bits per heavy atom. The Balaban J connectivity index is 1.90. The average molecular weight is 405 g/mol. The minimum absolute atomic E-state index is 0.207. The summed E-state index contributed by atoms with van der Waals surface area (Å²) in [5, 5.41) is 10.2. The van der Waals surface area contributed by atoms with E-state index >= 15 is 0 Å². The number of rotatable bonds is 9. The van der Waals surface area contributed by atoms with Crippen molar-refractivity contribution in [3.05, 3.63) is 11.6 Å². The van der Waals surface area contributed by atoms with Crippen molar-refractivity contribution in [1.29, 1.82) is 0 Å². The van der Waals surface area contributed by atoms with Crippen molar-refractivity contribution in [3.63, 3.8) is 0 Å². The minimum atomic E-state index is 0.207. The van der Waals surface area contributed by atoms with Crippen LogP contribution in [0.15, 0.2) is 11.6 Å². The first-order valence-corrected chi connectivity index (χ1v) is 12.3. The highest BCUT2D eigenvalue weighted by Gasteiger charge is 2.54. The molecule has 3 rings (SSSR count). The van der Waals surface area contributed by atoms with E-state index in [-0.39, 0.29) is 18.3 Å². The topological polar surface area (TPSA) is 46.5 Å². The van der Waals surface area contributed by atoms with Crippen LogP contribution < -0.4 is 0 Å². The van der Waals surface area contributed by atoms with Crippen molar-refractivity contribution in [1.82, 2.24) is 0 Å². The number of methoxy groups -OCH3 is 1. The summed E-state index contributed by atoms with van der Waals surface area (Å²) in [7, 11) is 1.81. The minimum Gasteiger partial charge on any atom is -0.396 e. The first kappa shape index (κ1) is 23.0. The lowest BCUT2D eigenvalue weighted by molar-refractivity contribution is -0.117. The monoisotopic (exact) mass is 404 g/mol. The fraction of sp³-hybridized carbons (Fsp3) is 0.885. The van der Waals surface area contributed by atoms with E-state index in [0.717, 1.165) is 43.6 Å². The van der Waals surface area contributed by atoms with Crippen molar-refractivity contribution < 1.29 is 14.6 Å². The summed E-state index contributed by atoms with van der Waals surface area (Å²) >= 11 is 0. The SMILES string of the molecule is CCC(C)C1C2C[C@@H](CO)C3=CC(=O)CCC3C2CCC1(CC)CCCCOC. The molecule has 166 valence electrons. The Bertz CT molecular complexity index is 583. The molecule has 3 aliphatic carbocycles. The molecule has 0 saturated heterocycles. The number of aliphatic hydroxyl groups is 1. The van der Waals surface area contributed by atoms with Crippen LogP contribution in [0.25, 0.3) is 0 Å². The molecule has 0 heterocycles. The van der Waals surface area contributed by atoms with E-state index in [1.165, 1.54) is 44.1 Å². The summed E-state index contributed by atoms with van der Waals surface area (Å²) in [5.74, 6) is 3.91. The van der Waals surface area contributed by atoms with Crippen molar-refractivity contribution in [2.75, 3.05) is 20.3 Å². The van der Waals surface area contributed by atoms with Crippen LogP contribution in [0.3, 0.4) is 0 Å². The molecule has 3 aliphatic rings. The van der Waals surface area contributed by atoms with Crippen LogP contribution in [0.5, 0.6) is 0 Å². The first-order chi connectivity index (χ1) is 14.0. The molecular weight excluding hydrogens is 360 g/mol. The summed E-state index contributed by atoms with van der Waals surface area (Å²) in [6.07, 6.45) is 13.6. The molecule has 6 unspecified atom stereocenters. The molecule has 0 spiro atoms. The standard InChI is InChI=1S/C26H44O3/c1-5-18(3)25-24-15-19(17-27)23-16-20(28)9-10-21(23)22(24)11-13-26(25,6-2)12-7-8-14-29-4/h16,18-19,21-22,24-25,27H,5-15,17H2,1-4H3/t18?,19-,21?,22?,24?,25?,26?/m0/s1. The van der Waals surface area contributed by atoms with Gasteiger partial charge in [-0.05, 0) is 79.6 Å². The fourth-order valence-corrected chi connectivity index (χ4v) is 7.62. The largest absolute Gasteiger partial charge is 0.396 e. The number of ketones is 1. The van der Waals surface area contributed by atoms with Gasteiger partial charge in [-0.25, -0.2) is 0 Å². The van der Waals surface area contributed by atoms with E-state index in [9.17, 15) is 9.90 Å². The van der Waals surface area contributed by atoms with Crippen LogP contribution in [0.2, 0.25) is 0 Å². The molecule has 0 aromatic carbocycles. The van der Waals surface area contributed by atoms with Crippen molar-refractivity contribution in [2.45, 2.75) is 85.0 Å². The summed E-state index contributed by atoms with van der Waals surface area (Å²) in [4.78, 5) is 12.1. The Kier molecular flexibility index (Phi) is 8.00. The van der Waals surface area contributed by atoms with Crippen LogP contribution in [0, 0.1) is 40.9 Å². The quantitative estimate of drug-likeness (QED) is 0.494. The van der Waals surface area contributed by atoms with Gasteiger partial charge in [-0.3, -0.25) is 4.79 Å². The maximum absolute atomic E-state index is 12.1. The van der Waals surface area contributed by atoms with Crippen LogP contribution in [0.4, 0.5) is 0 Å². The van der Waals surface area contributed by atoms with Crippen LogP contribution >= 0.6 is 0 Å². The van der Waals surface area contributed by atoms with Crippen molar-refractivity contribution in [3.8, 4) is 0 Å². The first-order valence-electron chi connectivity index (χ1n) is 12.3. The van der Waals surface area contributed by atoms with Gasteiger partial charge in [0.1, 0.15) is 0 Å². The fourth-order valence-electron chi connectivity index (χ4n) is 7.62. The zero-order valence-electron chi connectivity index (χ0n) is 19.3. The van der Waals surface area contributed by atoms with Gasteiger partial charge in [-0.15, -0.1) is 0 Å². The molecule has 29 heavy (non-hydrogen) atoms. The number of hydrogen-bond acceptors (Lipinski definition) is 3. The van der Waals surface area contributed by atoms with E-state index in [1.54, 1.807) is 7.11 Å². The number of allylic oxidation sites excluding steroid dienone is 1. The van der Waals surface area contributed by atoms with Gasteiger partial charge in [0.2, 0.25) is 0 Å². The number of hydrogen-bond donors (Lipinski definition) is 1. The molecule has 0 aromatic rings. The van der Waals surface area contributed by atoms with Crippen molar-refractivity contribution >= 4 is 5.78 Å². The van der Waals surface area contributed by atoms with Crippen LogP contribution in [0.1, 0.15) is 85.0 Å². The zero-order chi connectivity index (χ0) is 21.0. The molecule has 1 N–H and O–H groups in total. The zero-order valence-corrected chi connectivity index (χ0v) is 19.3. The lowest BCUT2D eigenvalue weighted by Gasteiger charge is -2.59. The number of fused-ring (bicyclic) bond motifs is 3. The summed E-state index contributed by atoms with van der Waals surface area (Å²) in [6.45, 7) is 8.34. The van der Waals surface area contributed by atoms with Gasteiger partial charge >= 0.3 is 0 Å².